The minimum atomic E-state index is -0.0225. The SMILES string of the molecule is Cc1ccc(CN(C(=O)c2ccc(Cl)nc2)C2CC2)o1. The maximum absolute atomic E-state index is 12.5. The predicted molar refractivity (Wildman–Crippen MR) is 75.6 cm³/mol. The first-order valence-corrected chi connectivity index (χ1v) is 6.99. The number of aromatic nitrogens is 1. The molecule has 0 radical (unpaired) electrons. The molecule has 2 aromatic heterocycles. The minimum absolute atomic E-state index is 0.0225. The van der Waals surface area contributed by atoms with Crippen LogP contribution in [0.4, 0.5) is 0 Å². The summed E-state index contributed by atoms with van der Waals surface area (Å²) in [4.78, 5) is 18.4. The van der Waals surface area contributed by atoms with E-state index >= 15 is 0 Å². The average Bonchev–Trinajstić information content (AvgIpc) is 3.19. The number of amides is 1. The Labute approximate surface area is 122 Å². The predicted octanol–water partition coefficient (Wildman–Crippen LogP) is 3.44. The third kappa shape index (κ3) is 2.85. The van der Waals surface area contributed by atoms with Crippen LogP contribution in [0.3, 0.4) is 0 Å². The van der Waals surface area contributed by atoms with Gasteiger partial charge in [0, 0.05) is 12.2 Å². The van der Waals surface area contributed by atoms with Gasteiger partial charge in [-0.3, -0.25) is 4.79 Å². The molecule has 0 aromatic carbocycles. The molecule has 0 spiro atoms. The van der Waals surface area contributed by atoms with E-state index in [0.29, 0.717) is 23.3 Å². The molecule has 1 amide bonds. The number of carbonyl (C=O) groups is 1. The van der Waals surface area contributed by atoms with E-state index in [4.69, 9.17) is 16.0 Å². The van der Waals surface area contributed by atoms with Crippen molar-refractivity contribution in [1.29, 1.82) is 0 Å². The molecule has 0 saturated heterocycles. The number of aryl methyl sites for hydroxylation is 1. The highest BCUT2D eigenvalue weighted by atomic mass is 35.5. The van der Waals surface area contributed by atoms with E-state index in [1.165, 1.54) is 6.20 Å². The van der Waals surface area contributed by atoms with Crippen LogP contribution in [0.1, 0.15) is 34.7 Å². The third-order valence-electron chi connectivity index (χ3n) is 3.35. The standard InChI is InChI=1S/C15H15ClN2O2/c1-10-2-6-13(20-10)9-18(12-4-5-12)15(19)11-3-7-14(16)17-8-11/h2-3,6-8,12H,4-5,9H2,1H3. The van der Waals surface area contributed by atoms with E-state index in [0.717, 1.165) is 24.4 Å². The van der Waals surface area contributed by atoms with Gasteiger partial charge in [-0.25, -0.2) is 4.98 Å². The number of pyridine rings is 1. The Bertz CT molecular complexity index is 617. The summed E-state index contributed by atoms with van der Waals surface area (Å²) in [6.45, 7) is 2.40. The number of hydrogen-bond donors (Lipinski definition) is 0. The Kier molecular flexibility index (Phi) is 3.49. The molecule has 1 saturated carbocycles. The summed E-state index contributed by atoms with van der Waals surface area (Å²) >= 11 is 5.75. The van der Waals surface area contributed by atoms with Gasteiger partial charge in [0.2, 0.25) is 0 Å². The summed E-state index contributed by atoms with van der Waals surface area (Å²) in [5, 5.41) is 0.390. The molecular weight excluding hydrogens is 276 g/mol. The van der Waals surface area contributed by atoms with Crippen molar-refractivity contribution in [2.75, 3.05) is 0 Å². The van der Waals surface area contributed by atoms with Crippen molar-refractivity contribution in [3.8, 4) is 0 Å². The van der Waals surface area contributed by atoms with Gasteiger partial charge in [-0.05, 0) is 44.0 Å². The summed E-state index contributed by atoms with van der Waals surface area (Å²) in [7, 11) is 0. The van der Waals surface area contributed by atoms with Crippen LogP contribution in [-0.2, 0) is 6.54 Å². The maximum atomic E-state index is 12.5. The van der Waals surface area contributed by atoms with Gasteiger partial charge in [-0.1, -0.05) is 11.6 Å². The number of halogens is 1. The number of furan rings is 1. The van der Waals surface area contributed by atoms with Crippen molar-refractivity contribution in [2.45, 2.75) is 32.4 Å². The lowest BCUT2D eigenvalue weighted by Gasteiger charge is -2.21. The summed E-state index contributed by atoms with van der Waals surface area (Å²) < 4.78 is 5.57. The van der Waals surface area contributed by atoms with E-state index < -0.39 is 0 Å². The molecule has 1 aliphatic rings. The number of nitrogens with zero attached hydrogens (tertiary/aromatic N) is 2. The van der Waals surface area contributed by atoms with Crippen LogP contribution in [0.15, 0.2) is 34.9 Å². The lowest BCUT2D eigenvalue weighted by molar-refractivity contribution is 0.0716. The van der Waals surface area contributed by atoms with E-state index in [1.54, 1.807) is 12.1 Å². The van der Waals surface area contributed by atoms with Crippen LogP contribution in [0.25, 0.3) is 0 Å². The van der Waals surface area contributed by atoms with E-state index in [9.17, 15) is 4.79 Å². The Morgan fingerprint density at radius 3 is 2.75 bits per heavy atom. The van der Waals surface area contributed by atoms with Crippen LogP contribution in [0, 0.1) is 6.92 Å². The molecule has 1 aliphatic carbocycles. The summed E-state index contributed by atoms with van der Waals surface area (Å²) in [5.41, 5.74) is 0.560. The van der Waals surface area contributed by atoms with Crippen LogP contribution in [-0.4, -0.2) is 21.8 Å². The highest BCUT2D eigenvalue weighted by molar-refractivity contribution is 6.29. The first-order chi connectivity index (χ1) is 9.63. The Morgan fingerprint density at radius 1 is 1.40 bits per heavy atom. The topological polar surface area (TPSA) is 46.3 Å². The molecule has 2 aromatic rings. The van der Waals surface area contributed by atoms with Gasteiger partial charge in [-0.2, -0.15) is 0 Å². The van der Waals surface area contributed by atoms with Crippen molar-refractivity contribution in [3.05, 3.63) is 52.7 Å². The molecule has 0 N–H and O–H groups in total. The molecular formula is C15H15ClN2O2. The monoisotopic (exact) mass is 290 g/mol. The zero-order chi connectivity index (χ0) is 14.1. The molecule has 1 fully saturated rings. The van der Waals surface area contributed by atoms with Gasteiger partial charge in [0.1, 0.15) is 16.7 Å². The van der Waals surface area contributed by atoms with Crippen LogP contribution in [0.2, 0.25) is 5.15 Å². The fourth-order valence-corrected chi connectivity index (χ4v) is 2.27. The largest absolute Gasteiger partial charge is 0.464 e. The number of hydrogen-bond acceptors (Lipinski definition) is 3. The van der Waals surface area contributed by atoms with Crippen molar-refractivity contribution in [1.82, 2.24) is 9.88 Å². The molecule has 0 atom stereocenters. The van der Waals surface area contributed by atoms with Gasteiger partial charge in [-0.15, -0.1) is 0 Å². The molecule has 3 rings (SSSR count). The van der Waals surface area contributed by atoms with Gasteiger partial charge in [0.05, 0.1) is 12.1 Å². The highest BCUT2D eigenvalue weighted by Crippen LogP contribution is 2.30. The lowest BCUT2D eigenvalue weighted by Crippen LogP contribution is -2.32. The van der Waals surface area contributed by atoms with E-state index in [-0.39, 0.29) is 5.91 Å². The van der Waals surface area contributed by atoms with Crippen molar-refractivity contribution in [3.63, 3.8) is 0 Å². The van der Waals surface area contributed by atoms with E-state index in [2.05, 4.69) is 4.98 Å². The van der Waals surface area contributed by atoms with Crippen LogP contribution < -0.4 is 0 Å². The first kappa shape index (κ1) is 13.2. The molecule has 0 bridgehead atoms. The lowest BCUT2D eigenvalue weighted by atomic mass is 10.2. The smallest absolute Gasteiger partial charge is 0.256 e. The molecule has 4 nitrogen and oxygen atoms in total. The second-order valence-corrected chi connectivity index (χ2v) is 5.43. The van der Waals surface area contributed by atoms with Crippen LogP contribution >= 0.6 is 11.6 Å². The zero-order valence-electron chi connectivity index (χ0n) is 11.2. The zero-order valence-corrected chi connectivity index (χ0v) is 11.9. The van der Waals surface area contributed by atoms with Crippen molar-refractivity contribution >= 4 is 17.5 Å². The molecule has 0 aliphatic heterocycles. The summed E-state index contributed by atoms with van der Waals surface area (Å²) in [6.07, 6.45) is 3.62. The number of carbonyl (C=O) groups excluding carboxylic acids is 1. The Morgan fingerprint density at radius 2 is 2.20 bits per heavy atom. The third-order valence-corrected chi connectivity index (χ3v) is 3.57. The Hall–Kier alpha value is -1.81. The van der Waals surface area contributed by atoms with Crippen LogP contribution in [0.5, 0.6) is 0 Å². The second kappa shape index (κ2) is 5.29. The minimum Gasteiger partial charge on any atom is -0.464 e. The quantitative estimate of drug-likeness (QED) is 0.810. The fraction of sp³-hybridized carbons (Fsp3) is 0.333. The average molecular weight is 291 g/mol. The van der Waals surface area contributed by atoms with Crippen molar-refractivity contribution < 1.29 is 9.21 Å². The molecule has 5 heteroatoms. The maximum Gasteiger partial charge on any atom is 0.256 e. The normalized spacial score (nSPS) is 14.3. The van der Waals surface area contributed by atoms with Gasteiger partial charge < -0.3 is 9.32 Å². The summed E-state index contributed by atoms with van der Waals surface area (Å²) in [5.74, 6) is 1.65. The highest BCUT2D eigenvalue weighted by Gasteiger charge is 2.33. The Balaban J connectivity index is 1.79. The molecule has 20 heavy (non-hydrogen) atoms. The van der Waals surface area contributed by atoms with Gasteiger partial charge in [0.25, 0.3) is 5.91 Å². The van der Waals surface area contributed by atoms with Gasteiger partial charge in [0.15, 0.2) is 0 Å². The fourth-order valence-electron chi connectivity index (χ4n) is 2.16. The molecule has 0 unspecified atom stereocenters. The summed E-state index contributed by atoms with van der Waals surface area (Å²) in [6, 6.07) is 7.48. The number of rotatable bonds is 4. The van der Waals surface area contributed by atoms with Gasteiger partial charge >= 0.3 is 0 Å². The van der Waals surface area contributed by atoms with Crippen molar-refractivity contribution in [2.24, 2.45) is 0 Å². The van der Waals surface area contributed by atoms with E-state index in [1.807, 2.05) is 24.0 Å². The molecule has 104 valence electrons. The second-order valence-electron chi connectivity index (χ2n) is 5.05. The molecule has 2 heterocycles. The first-order valence-electron chi connectivity index (χ1n) is 6.61.